The van der Waals surface area contributed by atoms with E-state index in [2.05, 4.69) is 15.3 Å². The summed E-state index contributed by atoms with van der Waals surface area (Å²) in [6, 6.07) is -0.147. The molecule has 1 aromatic rings. The number of aromatic nitrogens is 2. The van der Waals surface area contributed by atoms with Gasteiger partial charge in [0.25, 0.3) is 5.91 Å². The van der Waals surface area contributed by atoms with E-state index >= 15 is 0 Å². The SMILES string of the molecule is CCS(=O)(=O)N1CCC(NC(=O)c2cnc(C(=O)O)cn2)CC1. The normalized spacial score (nSPS) is 16.9. The molecule has 2 heterocycles. The van der Waals surface area contributed by atoms with Crippen LogP contribution in [0.2, 0.25) is 0 Å². The van der Waals surface area contributed by atoms with Crippen LogP contribution in [-0.2, 0) is 10.0 Å². The molecule has 0 saturated carbocycles. The van der Waals surface area contributed by atoms with E-state index in [0.717, 1.165) is 12.4 Å². The third kappa shape index (κ3) is 4.23. The molecule has 126 valence electrons. The fourth-order valence-corrected chi connectivity index (χ4v) is 3.41. The Morgan fingerprint density at radius 2 is 1.83 bits per heavy atom. The van der Waals surface area contributed by atoms with Crippen LogP contribution in [0.3, 0.4) is 0 Å². The Kier molecular flexibility index (Phi) is 5.26. The zero-order valence-electron chi connectivity index (χ0n) is 12.6. The first-order valence-corrected chi connectivity index (χ1v) is 8.78. The van der Waals surface area contributed by atoms with Crippen molar-refractivity contribution in [2.75, 3.05) is 18.8 Å². The van der Waals surface area contributed by atoms with Crippen molar-refractivity contribution < 1.29 is 23.1 Å². The second-order valence-electron chi connectivity index (χ2n) is 5.14. The van der Waals surface area contributed by atoms with E-state index < -0.39 is 21.9 Å². The van der Waals surface area contributed by atoms with Gasteiger partial charge in [-0.15, -0.1) is 0 Å². The Labute approximate surface area is 133 Å². The summed E-state index contributed by atoms with van der Waals surface area (Å²) in [6.07, 6.45) is 3.17. The van der Waals surface area contributed by atoms with Crippen molar-refractivity contribution in [2.24, 2.45) is 0 Å². The number of nitrogens with zero attached hydrogens (tertiary/aromatic N) is 3. The molecule has 23 heavy (non-hydrogen) atoms. The van der Waals surface area contributed by atoms with Crippen molar-refractivity contribution in [3.05, 3.63) is 23.8 Å². The fraction of sp³-hybridized carbons (Fsp3) is 0.538. The van der Waals surface area contributed by atoms with Gasteiger partial charge in [-0.25, -0.2) is 27.5 Å². The predicted octanol–water partition coefficient (Wildman–Crippen LogP) is -0.281. The molecule has 1 saturated heterocycles. The molecule has 1 aromatic heterocycles. The maximum absolute atomic E-state index is 12.0. The highest BCUT2D eigenvalue weighted by Gasteiger charge is 2.27. The van der Waals surface area contributed by atoms with Gasteiger partial charge in [-0.05, 0) is 19.8 Å². The molecule has 0 aromatic carbocycles. The average molecular weight is 342 g/mol. The number of piperidine rings is 1. The number of carboxylic acids is 1. The van der Waals surface area contributed by atoms with Crippen molar-refractivity contribution in [3.8, 4) is 0 Å². The van der Waals surface area contributed by atoms with Gasteiger partial charge in [-0.1, -0.05) is 0 Å². The summed E-state index contributed by atoms with van der Waals surface area (Å²) in [5.74, 6) is -1.60. The van der Waals surface area contributed by atoms with Crippen LogP contribution in [0.1, 0.15) is 40.7 Å². The van der Waals surface area contributed by atoms with Gasteiger partial charge in [0.05, 0.1) is 18.1 Å². The molecule has 1 amide bonds. The molecule has 10 heteroatoms. The van der Waals surface area contributed by atoms with E-state index in [1.54, 1.807) is 6.92 Å². The first kappa shape index (κ1) is 17.3. The Morgan fingerprint density at radius 3 is 2.30 bits per heavy atom. The van der Waals surface area contributed by atoms with Gasteiger partial charge in [0.1, 0.15) is 5.69 Å². The van der Waals surface area contributed by atoms with Crippen LogP contribution < -0.4 is 5.32 Å². The summed E-state index contributed by atoms with van der Waals surface area (Å²) in [7, 11) is -3.20. The summed E-state index contributed by atoms with van der Waals surface area (Å²) >= 11 is 0. The van der Waals surface area contributed by atoms with Crippen molar-refractivity contribution >= 4 is 21.9 Å². The minimum absolute atomic E-state index is 0.0265. The lowest BCUT2D eigenvalue weighted by Gasteiger charge is -2.31. The van der Waals surface area contributed by atoms with Crippen LogP contribution in [0.25, 0.3) is 0 Å². The summed E-state index contributed by atoms with van der Waals surface area (Å²) in [4.78, 5) is 30.1. The zero-order chi connectivity index (χ0) is 17.0. The smallest absolute Gasteiger partial charge is 0.356 e. The molecule has 2 rings (SSSR count). The molecular formula is C13H18N4O5S. The summed E-state index contributed by atoms with van der Waals surface area (Å²) < 4.78 is 25.0. The first-order chi connectivity index (χ1) is 10.8. The summed E-state index contributed by atoms with van der Waals surface area (Å²) in [6.45, 7) is 2.33. The molecule has 0 unspecified atom stereocenters. The lowest BCUT2D eigenvalue weighted by molar-refractivity contribution is 0.0688. The van der Waals surface area contributed by atoms with E-state index in [-0.39, 0.29) is 23.2 Å². The number of rotatable bonds is 5. The third-order valence-corrected chi connectivity index (χ3v) is 5.53. The summed E-state index contributed by atoms with van der Waals surface area (Å²) in [5.41, 5.74) is -0.210. The van der Waals surface area contributed by atoms with Crippen molar-refractivity contribution in [1.82, 2.24) is 19.6 Å². The van der Waals surface area contributed by atoms with Gasteiger partial charge in [-0.2, -0.15) is 0 Å². The molecule has 0 atom stereocenters. The van der Waals surface area contributed by atoms with Crippen LogP contribution in [0.4, 0.5) is 0 Å². The second-order valence-corrected chi connectivity index (χ2v) is 7.40. The Morgan fingerprint density at radius 1 is 1.26 bits per heavy atom. The molecule has 1 aliphatic rings. The Hall–Kier alpha value is -2.07. The quantitative estimate of drug-likeness (QED) is 0.752. The average Bonchev–Trinajstić information content (AvgIpc) is 2.55. The van der Waals surface area contributed by atoms with Crippen molar-refractivity contribution in [3.63, 3.8) is 0 Å². The van der Waals surface area contributed by atoms with Gasteiger partial charge in [-0.3, -0.25) is 4.79 Å². The van der Waals surface area contributed by atoms with Crippen LogP contribution >= 0.6 is 0 Å². The lowest BCUT2D eigenvalue weighted by Crippen LogP contribution is -2.47. The number of hydrogen-bond donors (Lipinski definition) is 2. The molecule has 0 aliphatic carbocycles. The fourth-order valence-electron chi connectivity index (χ4n) is 2.28. The number of hydrogen-bond acceptors (Lipinski definition) is 6. The largest absolute Gasteiger partial charge is 0.476 e. The van der Waals surface area contributed by atoms with Gasteiger partial charge >= 0.3 is 5.97 Å². The molecule has 0 spiro atoms. The maximum atomic E-state index is 12.0. The number of sulfonamides is 1. The maximum Gasteiger partial charge on any atom is 0.356 e. The van der Waals surface area contributed by atoms with Gasteiger partial charge < -0.3 is 10.4 Å². The van der Waals surface area contributed by atoms with Gasteiger partial charge in [0.15, 0.2) is 5.69 Å². The summed E-state index contributed by atoms with van der Waals surface area (Å²) in [5, 5.41) is 11.5. The number of aromatic carboxylic acids is 1. The van der Waals surface area contributed by atoms with Crippen LogP contribution in [0.15, 0.2) is 12.4 Å². The van der Waals surface area contributed by atoms with Crippen LogP contribution in [0, 0.1) is 0 Å². The lowest BCUT2D eigenvalue weighted by atomic mass is 10.1. The second kappa shape index (κ2) is 7.01. The van der Waals surface area contributed by atoms with Crippen molar-refractivity contribution in [2.45, 2.75) is 25.8 Å². The van der Waals surface area contributed by atoms with Gasteiger partial charge in [0.2, 0.25) is 10.0 Å². The topological polar surface area (TPSA) is 130 Å². The minimum atomic E-state index is -3.20. The van der Waals surface area contributed by atoms with E-state index in [1.807, 2.05) is 0 Å². The minimum Gasteiger partial charge on any atom is -0.476 e. The zero-order valence-corrected chi connectivity index (χ0v) is 13.4. The molecule has 9 nitrogen and oxygen atoms in total. The predicted molar refractivity (Wildman–Crippen MR) is 80.5 cm³/mol. The Bertz CT molecular complexity index is 681. The van der Waals surface area contributed by atoms with E-state index in [1.165, 1.54) is 4.31 Å². The number of carbonyl (C=O) groups is 2. The number of nitrogens with one attached hydrogen (secondary N) is 1. The van der Waals surface area contributed by atoms with E-state index in [9.17, 15) is 18.0 Å². The number of carbonyl (C=O) groups excluding carboxylic acids is 1. The van der Waals surface area contributed by atoms with Crippen LogP contribution in [0.5, 0.6) is 0 Å². The monoisotopic (exact) mass is 342 g/mol. The number of carboxylic acid groups (broad SMARTS) is 1. The standard InChI is InChI=1S/C13H18N4O5S/c1-2-23(21,22)17-5-3-9(4-6-17)16-12(18)10-7-15-11(8-14-10)13(19)20/h7-9H,2-6H2,1H3,(H,16,18)(H,19,20). The van der Waals surface area contributed by atoms with E-state index in [4.69, 9.17) is 5.11 Å². The molecule has 0 bridgehead atoms. The van der Waals surface area contributed by atoms with Crippen LogP contribution in [-0.4, -0.2) is 64.6 Å². The molecular weight excluding hydrogens is 324 g/mol. The highest BCUT2D eigenvalue weighted by atomic mass is 32.2. The highest BCUT2D eigenvalue weighted by molar-refractivity contribution is 7.89. The molecule has 0 radical (unpaired) electrons. The third-order valence-electron chi connectivity index (χ3n) is 3.65. The first-order valence-electron chi connectivity index (χ1n) is 7.17. The molecule has 1 aliphatic heterocycles. The van der Waals surface area contributed by atoms with Gasteiger partial charge in [0, 0.05) is 19.1 Å². The van der Waals surface area contributed by atoms with E-state index in [0.29, 0.717) is 25.9 Å². The molecule has 1 fully saturated rings. The van der Waals surface area contributed by atoms with Crippen molar-refractivity contribution in [1.29, 1.82) is 0 Å². The number of amides is 1. The Balaban J connectivity index is 1.91. The molecule has 2 N–H and O–H groups in total. The highest BCUT2D eigenvalue weighted by Crippen LogP contribution is 2.14.